The number of hydrogen-bond acceptors (Lipinski definition) is 4. The van der Waals surface area contributed by atoms with E-state index in [1.54, 1.807) is 6.07 Å². The second kappa shape index (κ2) is 8.80. The van der Waals surface area contributed by atoms with Gasteiger partial charge in [-0.1, -0.05) is 18.9 Å². The zero-order chi connectivity index (χ0) is 22.2. The van der Waals surface area contributed by atoms with E-state index in [1.165, 1.54) is 0 Å². The zero-order valence-electron chi connectivity index (χ0n) is 18.5. The summed E-state index contributed by atoms with van der Waals surface area (Å²) < 4.78 is 0. The number of nitrogens with one attached hydrogen (secondary N) is 2. The number of Topliss-reactive ketones (excluding diaryl/α,β-unsaturated/α-hetero) is 2. The van der Waals surface area contributed by atoms with Gasteiger partial charge in [0.1, 0.15) is 11.6 Å². The predicted octanol–water partition coefficient (Wildman–Crippen LogP) is 4.35. The van der Waals surface area contributed by atoms with Gasteiger partial charge in [0.15, 0.2) is 0 Å². The summed E-state index contributed by atoms with van der Waals surface area (Å²) in [4.78, 5) is 50.4. The molecule has 1 aromatic rings. The molecule has 4 saturated carbocycles. The number of anilines is 2. The van der Waals surface area contributed by atoms with Gasteiger partial charge < -0.3 is 10.6 Å². The lowest BCUT2D eigenvalue weighted by atomic mass is 9.67. The van der Waals surface area contributed by atoms with Gasteiger partial charge in [-0.15, -0.1) is 0 Å². The second-order valence-corrected chi connectivity index (χ2v) is 10.4. The SMILES string of the molecule is O=C(Nc1cccc(NC(=O)C2C[C@@H]3CCC[C@@H](C2)C3=O)c1)C1C[C@@H]2CCC[C@@H](C1)C2=O. The Hall–Kier alpha value is -2.50. The number of carbonyl (C=O) groups is 4. The first kappa shape index (κ1) is 21.4. The number of benzene rings is 1. The molecule has 4 aliphatic rings. The standard InChI is InChI=1S/C26H32N2O4/c29-23-15-4-1-5-16(23)11-19(10-15)25(31)27-21-8-3-9-22(14-21)28-26(32)20-12-17-6-2-7-18(13-20)24(17)30/h3,8-9,14-20H,1-2,4-7,10-13H2,(H,27,31)(H,28,32)/t15-,16-,17-,18-/m0/s1. The number of fused-ring (bicyclic) bond motifs is 4. The average Bonchev–Trinajstić information content (AvgIpc) is 2.73. The van der Waals surface area contributed by atoms with Crippen LogP contribution in [0.15, 0.2) is 24.3 Å². The minimum atomic E-state index is -0.125. The van der Waals surface area contributed by atoms with Gasteiger partial charge in [-0.25, -0.2) is 0 Å². The Morgan fingerprint density at radius 2 is 1.03 bits per heavy atom. The Balaban J connectivity index is 1.19. The van der Waals surface area contributed by atoms with E-state index in [2.05, 4.69) is 10.6 Å². The van der Waals surface area contributed by atoms with Crippen LogP contribution < -0.4 is 10.6 Å². The van der Waals surface area contributed by atoms with E-state index >= 15 is 0 Å². The number of carbonyl (C=O) groups excluding carboxylic acids is 4. The van der Waals surface area contributed by atoms with Crippen LogP contribution in [0.5, 0.6) is 0 Å². The topological polar surface area (TPSA) is 92.3 Å². The van der Waals surface area contributed by atoms with Crippen molar-refractivity contribution in [2.24, 2.45) is 35.5 Å². The van der Waals surface area contributed by atoms with Crippen molar-refractivity contribution in [2.75, 3.05) is 10.6 Å². The maximum atomic E-state index is 12.9. The summed E-state index contributed by atoms with van der Waals surface area (Å²) >= 11 is 0. The molecule has 0 aliphatic heterocycles. The Bertz CT molecular complexity index is 838. The highest BCUT2D eigenvalue weighted by Crippen LogP contribution is 2.41. The van der Waals surface area contributed by atoms with Crippen LogP contribution in [-0.2, 0) is 19.2 Å². The summed E-state index contributed by atoms with van der Waals surface area (Å²) in [6.07, 6.45) is 8.44. The van der Waals surface area contributed by atoms with Gasteiger partial charge in [0.05, 0.1) is 0 Å². The van der Waals surface area contributed by atoms with Gasteiger partial charge in [0.25, 0.3) is 0 Å². The molecular formula is C26H32N2O4. The summed E-state index contributed by atoms with van der Waals surface area (Å²) in [6.45, 7) is 0. The quantitative estimate of drug-likeness (QED) is 0.734. The monoisotopic (exact) mass is 436 g/mol. The summed E-state index contributed by atoms with van der Waals surface area (Å²) in [6, 6.07) is 7.26. The molecule has 4 bridgehead atoms. The van der Waals surface area contributed by atoms with Crippen molar-refractivity contribution in [3.05, 3.63) is 24.3 Å². The van der Waals surface area contributed by atoms with Gasteiger partial charge in [-0.05, 0) is 69.6 Å². The van der Waals surface area contributed by atoms with E-state index in [-0.39, 0.29) is 47.3 Å². The Kier molecular flexibility index (Phi) is 5.87. The van der Waals surface area contributed by atoms with E-state index in [9.17, 15) is 19.2 Å². The van der Waals surface area contributed by atoms with Crippen LogP contribution in [0, 0.1) is 35.5 Å². The van der Waals surface area contributed by atoms with Crippen LogP contribution >= 0.6 is 0 Å². The first-order valence-corrected chi connectivity index (χ1v) is 12.3. The maximum Gasteiger partial charge on any atom is 0.227 e. The fraction of sp³-hybridized carbons (Fsp3) is 0.615. The molecule has 6 nitrogen and oxygen atoms in total. The molecule has 6 heteroatoms. The van der Waals surface area contributed by atoms with Crippen molar-refractivity contribution in [3.8, 4) is 0 Å². The lowest BCUT2D eigenvalue weighted by molar-refractivity contribution is -0.137. The molecule has 0 saturated heterocycles. The molecule has 2 amide bonds. The Morgan fingerprint density at radius 3 is 1.41 bits per heavy atom. The molecule has 0 heterocycles. The highest BCUT2D eigenvalue weighted by Gasteiger charge is 2.42. The molecule has 0 aromatic heterocycles. The molecule has 170 valence electrons. The normalized spacial score (nSPS) is 34.0. The minimum absolute atomic E-state index is 0.0310. The lowest BCUT2D eigenvalue weighted by Crippen LogP contribution is -2.40. The molecular weight excluding hydrogens is 404 g/mol. The average molecular weight is 437 g/mol. The van der Waals surface area contributed by atoms with E-state index in [0.29, 0.717) is 48.6 Å². The maximum absolute atomic E-state index is 12.9. The highest BCUT2D eigenvalue weighted by molar-refractivity contribution is 5.98. The van der Waals surface area contributed by atoms with Gasteiger partial charge >= 0.3 is 0 Å². The zero-order valence-corrected chi connectivity index (χ0v) is 18.5. The second-order valence-electron chi connectivity index (χ2n) is 10.4. The molecule has 5 rings (SSSR count). The van der Waals surface area contributed by atoms with Crippen molar-refractivity contribution in [1.82, 2.24) is 0 Å². The van der Waals surface area contributed by atoms with Gasteiger partial charge in [0.2, 0.25) is 11.8 Å². The Morgan fingerprint density at radius 1 is 0.656 bits per heavy atom. The first-order chi connectivity index (χ1) is 15.5. The van der Waals surface area contributed by atoms with Crippen LogP contribution in [-0.4, -0.2) is 23.4 Å². The van der Waals surface area contributed by atoms with Crippen LogP contribution in [0.4, 0.5) is 11.4 Å². The van der Waals surface area contributed by atoms with Gasteiger partial charge in [-0.3, -0.25) is 19.2 Å². The van der Waals surface area contributed by atoms with Crippen LogP contribution in [0.1, 0.15) is 64.2 Å². The fourth-order valence-electron chi connectivity index (χ4n) is 6.55. The minimum Gasteiger partial charge on any atom is -0.326 e. The summed E-state index contributed by atoms with van der Waals surface area (Å²) in [5.41, 5.74) is 1.32. The van der Waals surface area contributed by atoms with E-state index in [0.717, 1.165) is 38.5 Å². The van der Waals surface area contributed by atoms with Gasteiger partial charge in [-0.2, -0.15) is 0 Å². The molecule has 2 N–H and O–H groups in total. The van der Waals surface area contributed by atoms with Crippen molar-refractivity contribution < 1.29 is 19.2 Å². The van der Waals surface area contributed by atoms with E-state index < -0.39 is 0 Å². The highest BCUT2D eigenvalue weighted by atomic mass is 16.2. The third-order valence-electron chi connectivity index (χ3n) is 8.24. The molecule has 4 atom stereocenters. The molecule has 4 fully saturated rings. The molecule has 0 unspecified atom stereocenters. The number of amides is 2. The van der Waals surface area contributed by atoms with Crippen molar-refractivity contribution in [3.63, 3.8) is 0 Å². The van der Waals surface area contributed by atoms with Crippen LogP contribution in [0.3, 0.4) is 0 Å². The van der Waals surface area contributed by atoms with Crippen LogP contribution in [0.2, 0.25) is 0 Å². The fourth-order valence-corrected chi connectivity index (χ4v) is 6.55. The molecule has 1 aromatic carbocycles. The third kappa shape index (κ3) is 4.24. The number of rotatable bonds is 4. The number of ketones is 2. The molecule has 4 aliphatic carbocycles. The summed E-state index contributed by atoms with van der Waals surface area (Å²) in [5, 5.41) is 6.00. The van der Waals surface area contributed by atoms with E-state index in [4.69, 9.17) is 0 Å². The molecule has 0 spiro atoms. The third-order valence-corrected chi connectivity index (χ3v) is 8.24. The van der Waals surface area contributed by atoms with Crippen molar-refractivity contribution >= 4 is 34.8 Å². The van der Waals surface area contributed by atoms with Crippen molar-refractivity contribution in [1.29, 1.82) is 0 Å². The lowest BCUT2D eigenvalue weighted by Gasteiger charge is -2.37. The first-order valence-electron chi connectivity index (χ1n) is 12.3. The smallest absolute Gasteiger partial charge is 0.227 e. The largest absolute Gasteiger partial charge is 0.326 e. The molecule has 32 heavy (non-hydrogen) atoms. The Labute approximate surface area is 188 Å². The van der Waals surface area contributed by atoms with Crippen LogP contribution in [0.25, 0.3) is 0 Å². The predicted molar refractivity (Wildman–Crippen MR) is 121 cm³/mol. The summed E-state index contributed by atoms with van der Waals surface area (Å²) in [7, 11) is 0. The van der Waals surface area contributed by atoms with Gasteiger partial charge in [0, 0.05) is 46.9 Å². The van der Waals surface area contributed by atoms with E-state index in [1.807, 2.05) is 18.2 Å². The number of hydrogen-bond donors (Lipinski definition) is 2. The van der Waals surface area contributed by atoms with Crippen molar-refractivity contribution in [2.45, 2.75) is 64.2 Å². The molecule has 0 radical (unpaired) electrons. The summed E-state index contributed by atoms with van der Waals surface area (Å²) in [5.74, 6) is 0.596.